The number of carbonyl (C=O) groups excluding carboxylic acids is 4. The van der Waals surface area contributed by atoms with Gasteiger partial charge in [0.25, 0.3) is 11.8 Å². The average molecular weight is 359 g/mol. The first-order chi connectivity index (χ1) is 12.4. The number of hydrogen-bond acceptors (Lipinski definition) is 5. The molecular weight excluding hydrogens is 338 g/mol. The largest absolute Gasteiger partial charge is 0.381 e. The number of hydrogen-bond donors (Lipinski definition) is 2. The van der Waals surface area contributed by atoms with Crippen LogP contribution in [0.3, 0.4) is 0 Å². The molecule has 0 unspecified atom stereocenters. The smallest absolute Gasteiger partial charge is 0.262 e. The molecule has 0 radical (unpaired) electrons. The molecule has 138 valence electrons. The number of likely N-dealkylation sites (N-methyl/N-ethyl adjacent to an activating group) is 1. The SMILES string of the molecule is CNC(=O)C1(NC(=O)[C@@H](C)N2C(=O)c3ccccc3C2=O)CCOCC1. The van der Waals surface area contributed by atoms with Crippen molar-refractivity contribution in [1.29, 1.82) is 0 Å². The van der Waals surface area contributed by atoms with Gasteiger partial charge in [-0.3, -0.25) is 24.1 Å². The summed E-state index contributed by atoms with van der Waals surface area (Å²) in [6, 6.07) is 5.42. The van der Waals surface area contributed by atoms with Gasteiger partial charge in [0.1, 0.15) is 11.6 Å². The number of ether oxygens (including phenoxy) is 1. The van der Waals surface area contributed by atoms with Gasteiger partial charge in [-0.1, -0.05) is 12.1 Å². The number of benzene rings is 1. The number of imide groups is 1. The molecule has 1 fully saturated rings. The molecule has 0 aliphatic carbocycles. The van der Waals surface area contributed by atoms with E-state index >= 15 is 0 Å². The molecule has 0 aromatic heterocycles. The molecule has 0 spiro atoms. The molecular formula is C18H21N3O5. The maximum Gasteiger partial charge on any atom is 0.262 e. The summed E-state index contributed by atoms with van der Waals surface area (Å²) >= 11 is 0. The Morgan fingerprint density at radius 3 is 2.15 bits per heavy atom. The topological polar surface area (TPSA) is 105 Å². The predicted octanol–water partition coefficient (Wildman–Crippen LogP) is 0.0825. The standard InChI is InChI=1S/C18H21N3O5/c1-11(21-15(23)12-5-3-4-6-13(12)16(21)24)14(22)20-18(17(25)19-2)7-9-26-10-8-18/h3-6,11H,7-10H2,1-2H3,(H,19,25)(H,20,22)/t11-/m1/s1. The van der Waals surface area contributed by atoms with Crippen LogP contribution in [0.2, 0.25) is 0 Å². The summed E-state index contributed by atoms with van der Waals surface area (Å²) in [4.78, 5) is 51.2. The quantitative estimate of drug-likeness (QED) is 0.741. The zero-order chi connectivity index (χ0) is 18.9. The van der Waals surface area contributed by atoms with Gasteiger partial charge < -0.3 is 15.4 Å². The van der Waals surface area contributed by atoms with E-state index in [0.29, 0.717) is 26.1 Å². The van der Waals surface area contributed by atoms with Crippen LogP contribution in [0.5, 0.6) is 0 Å². The van der Waals surface area contributed by atoms with Crippen LogP contribution in [0, 0.1) is 0 Å². The number of fused-ring (bicyclic) bond motifs is 1. The third-order valence-electron chi connectivity index (χ3n) is 4.96. The van der Waals surface area contributed by atoms with Gasteiger partial charge in [-0.05, 0) is 19.1 Å². The summed E-state index contributed by atoms with van der Waals surface area (Å²) in [5, 5.41) is 5.31. The number of nitrogens with zero attached hydrogens (tertiary/aromatic N) is 1. The second kappa shape index (κ2) is 6.87. The second-order valence-corrected chi connectivity index (χ2v) is 6.46. The molecule has 1 atom stereocenters. The van der Waals surface area contributed by atoms with Gasteiger partial charge >= 0.3 is 0 Å². The third kappa shape index (κ3) is 2.86. The van der Waals surface area contributed by atoms with Gasteiger partial charge in [-0.2, -0.15) is 0 Å². The summed E-state index contributed by atoms with van der Waals surface area (Å²) in [5.41, 5.74) is -0.537. The van der Waals surface area contributed by atoms with Crippen molar-refractivity contribution in [3.8, 4) is 0 Å². The van der Waals surface area contributed by atoms with Crippen molar-refractivity contribution in [2.75, 3.05) is 20.3 Å². The summed E-state index contributed by atoms with van der Waals surface area (Å²) in [5.74, 6) is -1.88. The Kier molecular flexibility index (Phi) is 4.78. The molecule has 1 aromatic rings. The maximum atomic E-state index is 12.8. The minimum absolute atomic E-state index is 0.282. The molecule has 8 heteroatoms. The van der Waals surface area contributed by atoms with Crippen LogP contribution in [0.15, 0.2) is 24.3 Å². The zero-order valence-corrected chi connectivity index (χ0v) is 14.7. The Labute approximate surface area is 150 Å². The summed E-state index contributed by atoms with van der Waals surface area (Å²) in [7, 11) is 1.50. The first kappa shape index (κ1) is 18.1. The van der Waals surface area contributed by atoms with Crippen LogP contribution >= 0.6 is 0 Å². The van der Waals surface area contributed by atoms with Crippen LogP contribution in [-0.2, 0) is 14.3 Å². The van der Waals surface area contributed by atoms with Crippen molar-refractivity contribution in [3.05, 3.63) is 35.4 Å². The van der Waals surface area contributed by atoms with Gasteiger partial charge in [-0.15, -0.1) is 0 Å². The van der Waals surface area contributed by atoms with Crippen molar-refractivity contribution < 1.29 is 23.9 Å². The number of rotatable bonds is 4. The minimum atomic E-state index is -1.10. The van der Waals surface area contributed by atoms with Crippen molar-refractivity contribution in [1.82, 2.24) is 15.5 Å². The highest BCUT2D eigenvalue weighted by Crippen LogP contribution is 2.26. The lowest BCUT2D eigenvalue weighted by Crippen LogP contribution is -2.63. The normalized spacial score (nSPS) is 19.7. The average Bonchev–Trinajstić information content (AvgIpc) is 2.92. The Morgan fingerprint density at radius 1 is 1.12 bits per heavy atom. The van der Waals surface area contributed by atoms with Crippen LogP contribution in [0.1, 0.15) is 40.5 Å². The third-order valence-corrected chi connectivity index (χ3v) is 4.96. The van der Waals surface area contributed by atoms with E-state index in [1.54, 1.807) is 24.3 Å². The van der Waals surface area contributed by atoms with E-state index in [1.807, 2.05) is 0 Å². The zero-order valence-electron chi connectivity index (χ0n) is 14.7. The van der Waals surface area contributed by atoms with Crippen molar-refractivity contribution in [2.45, 2.75) is 31.3 Å². The van der Waals surface area contributed by atoms with E-state index in [4.69, 9.17) is 4.74 Å². The Bertz CT molecular complexity index is 735. The fraction of sp³-hybridized carbons (Fsp3) is 0.444. The molecule has 2 aliphatic heterocycles. The van der Waals surface area contributed by atoms with Crippen LogP contribution in [0.4, 0.5) is 0 Å². The first-order valence-electron chi connectivity index (χ1n) is 8.50. The molecule has 8 nitrogen and oxygen atoms in total. The first-order valence-corrected chi connectivity index (χ1v) is 8.50. The minimum Gasteiger partial charge on any atom is -0.381 e. The molecule has 0 saturated carbocycles. The highest BCUT2D eigenvalue weighted by molar-refractivity contribution is 6.22. The highest BCUT2D eigenvalue weighted by atomic mass is 16.5. The van der Waals surface area contributed by atoms with Crippen molar-refractivity contribution in [2.24, 2.45) is 0 Å². The summed E-state index contributed by atoms with van der Waals surface area (Å²) in [6.07, 6.45) is 0.653. The number of carbonyl (C=O) groups is 4. The molecule has 2 aliphatic rings. The second-order valence-electron chi connectivity index (χ2n) is 6.46. The molecule has 0 bridgehead atoms. The lowest BCUT2D eigenvalue weighted by Gasteiger charge is -2.37. The van der Waals surface area contributed by atoms with E-state index in [0.717, 1.165) is 4.90 Å². The van der Waals surface area contributed by atoms with Crippen LogP contribution in [-0.4, -0.2) is 60.4 Å². The lowest BCUT2D eigenvalue weighted by atomic mass is 9.88. The Morgan fingerprint density at radius 2 is 1.65 bits per heavy atom. The number of nitrogens with one attached hydrogen (secondary N) is 2. The monoisotopic (exact) mass is 359 g/mol. The van der Waals surface area contributed by atoms with Crippen molar-refractivity contribution in [3.63, 3.8) is 0 Å². The molecule has 26 heavy (non-hydrogen) atoms. The molecule has 1 saturated heterocycles. The number of amides is 4. The Balaban J connectivity index is 1.81. The summed E-state index contributed by atoms with van der Waals surface area (Å²) < 4.78 is 5.29. The van der Waals surface area contributed by atoms with Gasteiger partial charge in [0.05, 0.1) is 11.1 Å². The van der Waals surface area contributed by atoms with Gasteiger partial charge in [-0.25, -0.2) is 0 Å². The molecule has 2 heterocycles. The van der Waals surface area contributed by atoms with Crippen LogP contribution < -0.4 is 10.6 Å². The van der Waals surface area contributed by atoms with Crippen molar-refractivity contribution >= 4 is 23.6 Å². The van der Waals surface area contributed by atoms with Gasteiger partial charge in [0, 0.05) is 33.1 Å². The molecule has 4 amide bonds. The van der Waals surface area contributed by atoms with Gasteiger partial charge in [0.2, 0.25) is 11.8 Å². The van der Waals surface area contributed by atoms with E-state index < -0.39 is 29.3 Å². The predicted molar refractivity (Wildman–Crippen MR) is 91.4 cm³/mol. The molecule has 1 aromatic carbocycles. The highest BCUT2D eigenvalue weighted by Gasteiger charge is 2.45. The summed E-state index contributed by atoms with van der Waals surface area (Å²) in [6.45, 7) is 2.16. The van der Waals surface area contributed by atoms with E-state index in [9.17, 15) is 19.2 Å². The van der Waals surface area contributed by atoms with Crippen LogP contribution in [0.25, 0.3) is 0 Å². The van der Waals surface area contributed by atoms with E-state index in [-0.39, 0.29) is 17.0 Å². The Hall–Kier alpha value is -2.74. The molecule has 2 N–H and O–H groups in total. The van der Waals surface area contributed by atoms with E-state index in [1.165, 1.54) is 14.0 Å². The fourth-order valence-corrected chi connectivity index (χ4v) is 3.39. The fourth-order valence-electron chi connectivity index (χ4n) is 3.39. The maximum absolute atomic E-state index is 12.8. The molecule has 3 rings (SSSR count). The lowest BCUT2D eigenvalue weighted by molar-refractivity contribution is -0.138. The van der Waals surface area contributed by atoms with E-state index in [2.05, 4.69) is 10.6 Å². The van der Waals surface area contributed by atoms with Gasteiger partial charge in [0.15, 0.2) is 0 Å².